The molecular weight excluding hydrogens is 242 g/mol. The van der Waals surface area contributed by atoms with Gasteiger partial charge in [-0.3, -0.25) is 10.1 Å². The lowest BCUT2D eigenvalue weighted by Gasteiger charge is -2.00. The van der Waals surface area contributed by atoms with E-state index in [-0.39, 0.29) is 5.69 Å². The van der Waals surface area contributed by atoms with Crippen molar-refractivity contribution in [1.29, 1.82) is 0 Å². The van der Waals surface area contributed by atoms with Crippen LogP contribution in [-0.2, 0) is 0 Å². The Kier molecular flexibility index (Phi) is 3.93. The molecule has 0 saturated heterocycles. The topological polar surface area (TPSA) is 52.4 Å². The Morgan fingerprint density at radius 3 is 2.37 bits per heavy atom. The van der Waals surface area contributed by atoms with Crippen molar-refractivity contribution in [1.82, 2.24) is 0 Å². The molecule has 0 aromatic heterocycles. The van der Waals surface area contributed by atoms with Crippen LogP contribution in [0.3, 0.4) is 0 Å². The fourth-order valence-electron chi connectivity index (χ4n) is 1.64. The molecule has 19 heavy (non-hydrogen) atoms. The second-order valence-corrected chi connectivity index (χ2v) is 3.96. The number of rotatable bonds is 4. The second kappa shape index (κ2) is 5.82. The minimum absolute atomic E-state index is 0.0959. The average Bonchev–Trinajstić information content (AvgIpc) is 2.46. The molecule has 96 valence electrons. The number of benzene rings is 2. The fraction of sp³-hybridized carbons (Fsp3) is 0.0667. The lowest BCUT2D eigenvalue weighted by Crippen LogP contribution is -1.86. The highest BCUT2D eigenvalue weighted by atomic mass is 16.6. The molecule has 0 aliphatic carbocycles. The van der Waals surface area contributed by atoms with Crippen LogP contribution in [0.4, 0.5) is 5.69 Å². The zero-order chi connectivity index (χ0) is 13.7. The predicted octanol–water partition coefficient (Wildman–Crippen LogP) is 3.77. The van der Waals surface area contributed by atoms with Gasteiger partial charge >= 0.3 is 0 Å². The van der Waals surface area contributed by atoms with Crippen molar-refractivity contribution < 1.29 is 9.66 Å². The van der Waals surface area contributed by atoms with Gasteiger partial charge in [0.1, 0.15) is 5.75 Å². The van der Waals surface area contributed by atoms with Crippen LogP contribution in [-0.4, -0.2) is 12.0 Å². The maximum atomic E-state index is 10.5. The first-order valence-electron chi connectivity index (χ1n) is 5.75. The summed E-state index contributed by atoms with van der Waals surface area (Å²) in [6.45, 7) is 0. The minimum atomic E-state index is -0.407. The lowest BCUT2D eigenvalue weighted by molar-refractivity contribution is -0.384. The molecule has 0 atom stereocenters. The molecule has 0 heterocycles. The lowest BCUT2D eigenvalue weighted by atomic mass is 10.1. The van der Waals surface area contributed by atoms with Crippen LogP contribution < -0.4 is 4.74 Å². The second-order valence-electron chi connectivity index (χ2n) is 3.96. The van der Waals surface area contributed by atoms with Gasteiger partial charge in [-0.25, -0.2) is 0 Å². The quantitative estimate of drug-likeness (QED) is 0.474. The summed E-state index contributed by atoms with van der Waals surface area (Å²) in [5, 5.41) is 10.5. The van der Waals surface area contributed by atoms with Crippen molar-refractivity contribution in [2.24, 2.45) is 0 Å². The molecule has 0 bridgehead atoms. The summed E-state index contributed by atoms with van der Waals surface area (Å²) in [5.74, 6) is 0.797. The number of nitro groups is 1. The van der Waals surface area contributed by atoms with Crippen LogP contribution in [0.25, 0.3) is 12.2 Å². The van der Waals surface area contributed by atoms with E-state index in [2.05, 4.69) is 0 Å². The molecule has 0 spiro atoms. The maximum Gasteiger partial charge on any atom is 0.269 e. The normalized spacial score (nSPS) is 10.6. The van der Waals surface area contributed by atoms with Gasteiger partial charge in [0, 0.05) is 12.1 Å². The van der Waals surface area contributed by atoms with E-state index in [0.717, 1.165) is 16.9 Å². The molecule has 2 aromatic carbocycles. The molecule has 2 rings (SSSR count). The van der Waals surface area contributed by atoms with Crippen molar-refractivity contribution in [2.75, 3.05) is 7.11 Å². The Morgan fingerprint density at radius 2 is 1.74 bits per heavy atom. The van der Waals surface area contributed by atoms with Crippen LogP contribution >= 0.6 is 0 Å². The first-order chi connectivity index (χ1) is 9.19. The highest BCUT2D eigenvalue weighted by molar-refractivity contribution is 5.70. The number of methoxy groups -OCH3 is 1. The SMILES string of the molecule is COc1cccc(C=Cc2ccc([N+](=O)[O-])cc2)c1. The van der Waals surface area contributed by atoms with Gasteiger partial charge in [-0.15, -0.1) is 0 Å². The third-order valence-corrected chi connectivity index (χ3v) is 2.67. The van der Waals surface area contributed by atoms with Crippen molar-refractivity contribution in [2.45, 2.75) is 0 Å². The smallest absolute Gasteiger partial charge is 0.269 e. The predicted molar refractivity (Wildman–Crippen MR) is 75.0 cm³/mol. The molecule has 0 saturated carbocycles. The number of non-ortho nitro benzene ring substituents is 1. The number of hydrogen-bond donors (Lipinski definition) is 0. The van der Waals surface area contributed by atoms with Crippen molar-refractivity contribution >= 4 is 17.8 Å². The Bertz CT molecular complexity index is 603. The molecule has 0 N–H and O–H groups in total. The molecule has 0 aliphatic rings. The van der Waals surface area contributed by atoms with Crippen LogP contribution in [0, 0.1) is 10.1 Å². The first-order valence-corrected chi connectivity index (χ1v) is 5.75. The van der Waals surface area contributed by atoms with E-state index < -0.39 is 4.92 Å². The van der Waals surface area contributed by atoms with Crippen LogP contribution in [0.2, 0.25) is 0 Å². The van der Waals surface area contributed by atoms with Crippen molar-refractivity contribution in [3.8, 4) is 5.75 Å². The first kappa shape index (κ1) is 12.8. The van der Waals surface area contributed by atoms with Gasteiger partial charge in [-0.2, -0.15) is 0 Å². The number of nitrogens with zero attached hydrogens (tertiary/aromatic N) is 1. The zero-order valence-corrected chi connectivity index (χ0v) is 10.4. The minimum Gasteiger partial charge on any atom is -0.497 e. The van der Waals surface area contributed by atoms with E-state index >= 15 is 0 Å². The molecule has 4 nitrogen and oxygen atoms in total. The third kappa shape index (κ3) is 3.42. The molecular formula is C15H13NO3. The Balaban J connectivity index is 2.15. The van der Waals surface area contributed by atoms with Crippen molar-refractivity contribution in [3.05, 3.63) is 69.8 Å². The van der Waals surface area contributed by atoms with E-state index in [1.54, 1.807) is 19.2 Å². The Labute approximate surface area is 111 Å². The monoisotopic (exact) mass is 255 g/mol. The molecule has 4 heteroatoms. The van der Waals surface area contributed by atoms with Gasteiger partial charge in [0.05, 0.1) is 12.0 Å². The number of ether oxygens (including phenoxy) is 1. The van der Waals surface area contributed by atoms with Crippen LogP contribution in [0.1, 0.15) is 11.1 Å². The van der Waals surface area contributed by atoms with Gasteiger partial charge in [0.2, 0.25) is 0 Å². The van der Waals surface area contributed by atoms with Gasteiger partial charge in [0.25, 0.3) is 5.69 Å². The third-order valence-electron chi connectivity index (χ3n) is 2.67. The number of nitro benzene ring substituents is 1. The largest absolute Gasteiger partial charge is 0.497 e. The summed E-state index contributed by atoms with van der Waals surface area (Å²) < 4.78 is 5.14. The fourth-order valence-corrected chi connectivity index (χ4v) is 1.64. The standard InChI is InChI=1S/C15H13NO3/c1-19-15-4-2-3-13(11-15)6-5-12-7-9-14(10-8-12)16(17)18/h2-11H,1H3. The van der Waals surface area contributed by atoms with Crippen LogP contribution in [0.5, 0.6) is 5.75 Å². The van der Waals surface area contributed by atoms with Crippen molar-refractivity contribution in [3.63, 3.8) is 0 Å². The summed E-state index contributed by atoms with van der Waals surface area (Å²) in [6.07, 6.45) is 3.84. The summed E-state index contributed by atoms with van der Waals surface area (Å²) in [7, 11) is 1.62. The van der Waals surface area contributed by atoms with E-state index in [4.69, 9.17) is 4.74 Å². The summed E-state index contributed by atoms with van der Waals surface area (Å²) >= 11 is 0. The number of hydrogen-bond acceptors (Lipinski definition) is 3. The maximum absolute atomic E-state index is 10.5. The average molecular weight is 255 g/mol. The Morgan fingerprint density at radius 1 is 1.05 bits per heavy atom. The zero-order valence-electron chi connectivity index (χ0n) is 10.4. The molecule has 2 aromatic rings. The summed E-state index contributed by atoms with van der Waals surface area (Å²) in [5.41, 5.74) is 2.02. The summed E-state index contributed by atoms with van der Waals surface area (Å²) in [6, 6.07) is 14.1. The Hall–Kier alpha value is -2.62. The van der Waals surface area contributed by atoms with Gasteiger partial charge in [-0.05, 0) is 35.4 Å². The van der Waals surface area contributed by atoms with E-state index in [1.165, 1.54) is 12.1 Å². The molecule has 0 radical (unpaired) electrons. The van der Waals surface area contributed by atoms with Crippen LogP contribution in [0.15, 0.2) is 48.5 Å². The molecule has 0 unspecified atom stereocenters. The van der Waals surface area contributed by atoms with E-state index in [0.29, 0.717) is 0 Å². The van der Waals surface area contributed by atoms with Gasteiger partial charge in [-0.1, -0.05) is 24.3 Å². The molecule has 0 amide bonds. The summed E-state index contributed by atoms with van der Waals surface area (Å²) in [4.78, 5) is 10.1. The van der Waals surface area contributed by atoms with Gasteiger partial charge < -0.3 is 4.74 Å². The molecule has 0 fully saturated rings. The van der Waals surface area contributed by atoms with E-state index in [1.807, 2.05) is 36.4 Å². The van der Waals surface area contributed by atoms with Gasteiger partial charge in [0.15, 0.2) is 0 Å². The molecule has 0 aliphatic heterocycles. The highest BCUT2D eigenvalue weighted by Gasteiger charge is 2.02. The highest BCUT2D eigenvalue weighted by Crippen LogP contribution is 2.17. The van der Waals surface area contributed by atoms with E-state index in [9.17, 15) is 10.1 Å².